The zero-order chi connectivity index (χ0) is 16.8. The van der Waals surface area contributed by atoms with E-state index in [1.54, 1.807) is 37.8 Å². The van der Waals surface area contributed by atoms with Crippen molar-refractivity contribution in [3.63, 3.8) is 0 Å². The number of aromatic nitrogens is 2. The first-order chi connectivity index (χ1) is 11.7. The molecule has 1 heterocycles. The molecule has 0 unspecified atom stereocenters. The van der Waals surface area contributed by atoms with Crippen molar-refractivity contribution in [2.24, 2.45) is 0 Å². The topological polar surface area (TPSA) is 65.4 Å². The summed E-state index contributed by atoms with van der Waals surface area (Å²) in [6.45, 7) is -0.0730. The van der Waals surface area contributed by atoms with Gasteiger partial charge < -0.3 is 19.4 Å². The Morgan fingerprint density at radius 1 is 1.17 bits per heavy atom. The van der Waals surface area contributed by atoms with Crippen molar-refractivity contribution in [3.05, 3.63) is 67.3 Å². The number of hydrogen-bond acceptors (Lipinski definition) is 4. The third-order valence-electron chi connectivity index (χ3n) is 3.36. The van der Waals surface area contributed by atoms with Crippen LogP contribution in [0.5, 0.6) is 11.5 Å². The third-order valence-corrected chi connectivity index (χ3v) is 3.36. The van der Waals surface area contributed by atoms with E-state index in [-0.39, 0.29) is 12.5 Å². The average molecular weight is 323 g/mol. The van der Waals surface area contributed by atoms with Gasteiger partial charge in [-0.25, -0.2) is 4.98 Å². The van der Waals surface area contributed by atoms with Crippen LogP contribution in [0.1, 0.15) is 0 Å². The zero-order valence-electron chi connectivity index (χ0n) is 13.2. The molecular formula is C18H17N3O3. The number of ether oxygens (including phenoxy) is 2. The van der Waals surface area contributed by atoms with Gasteiger partial charge in [-0.2, -0.15) is 0 Å². The Bertz CT molecular complexity index is 799. The number of imidazole rings is 1. The zero-order valence-corrected chi connectivity index (χ0v) is 13.2. The lowest BCUT2D eigenvalue weighted by Crippen LogP contribution is -2.20. The maximum Gasteiger partial charge on any atom is 0.262 e. The molecule has 0 fully saturated rings. The lowest BCUT2D eigenvalue weighted by molar-refractivity contribution is -0.118. The summed E-state index contributed by atoms with van der Waals surface area (Å²) in [6.07, 6.45) is 5.29. The van der Waals surface area contributed by atoms with E-state index in [4.69, 9.17) is 9.47 Å². The third kappa shape index (κ3) is 3.92. The molecule has 0 aliphatic carbocycles. The summed E-state index contributed by atoms with van der Waals surface area (Å²) in [7, 11) is 1.58. The van der Waals surface area contributed by atoms with Crippen LogP contribution >= 0.6 is 0 Å². The second kappa shape index (κ2) is 7.32. The lowest BCUT2D eigenvalue weighted by Gasteiger charge is -2.09. The Morgan fingerprint density at radius 3 is 2.67 bits per heavy atom. The number of rotatable bonds is 6. The average Bonchev–Trinajstić information content (AvgIpc) is 3.15. The molecule has 3 aromatic rings. The van der Waals surface area contributed by atoms with Gasteiger partial charge in [0.2, 0.25) is 0 Å². The number of amides is 1. The highest BCUT2D eigenvalue weighted by Crippen LogP contribution is 2.19. The van der Waals surface area contributed by atoms with Crippen molar-refractivity contribution in [1.29, 1.82) is 0 Å². The molecule has 6 heteroatoms. The number of anilines is 1. The fourth-order valence-electron chi connectivity index (χ4n) is 2.17. The van der Waals surface area contributed by atoms with Crippen LogP contribution < -0.4 is 14.8 Å². The summed E-state index contributed by atoms with van der Waals surface area (Å²) in [5.74, 6) is 1.04. The van der Waals surface area contributed by atoms with Gasteiger partial charge in [0.1, 0.15) is 11.5 Å². The lowest BCUT2D eigenvalue weighted by atomic mass is 10.2. The summed E-state index contributed by atoms with van der Waals surface area (Å²) in [4.78, 5) is 16.0. The Hall–Kier alpha value is -3.28. The number of methoxy groups -OCH3 is 1. The second-order valence-corrected chi connectivity index (χ2v) is 5.03. The smallest absolute Gasteiger partial charge is 0.262 e. The molecule has 0 bridgehead atoms. The molecule has 1 N–H and O–H groups in total. The largest absolute Gasteiger partial charge is 0.497 e. The first-order valence-electron chi connectivity index (χ1n) is 7.40. The minimum atomic E-state index is -0.229. The van der Waals surface area contributed by atoms with E-state index in [1.807, 2.05) is 41.1 Å². The highest BCUT2D eigenvalue weighted by molar-refractivity contribution is 5.91. The van der Waals surface area contributed by atoms with Gasteiger partial charge in [-0.05, 0) is 36.4 Å². The molecule has 1 aromatic heterocycles. The van der Waals surface area contributed by atoms with Crippen molar-refractivity contribution in [2.75, 3.05) is 19.0 Å². The number of carbonyl (C=O) groups excluding carboxylic acids is 1. The van der Waals surface area contributed by atoms with Gasteiger partial charge in [-0.3, -0.25) is 4.79 Å². The Kier molecular flexibility index (Phi) is 4.76. The molecule has 24 heavy (non-hydrogen) atoms. The normalized spacial score (nSPS) is 10.2. The first kappa shape index (κ1) is 15.6. The van der Waals surface area contributed by atoms with Gasteiger partial charge in [0.15, 0.2) is 6.61 Å². The van der Waals surface area contributed by atoms with Crippen LogP contribution in [-0.2, 0) is 4.79 Å². The van der Waals surface area contributed by atoms with Crippen molar-refractivity contribution < 1.29 is 14.3 Å². The van der Waals surface area contributed by atoms with Crippen molar-refractivity contribution in [2.45, 2.75) is 0 Å². The molecule has 3 rings (SSSR count). The van der Waals surface area contributed by atoms with E-state index in [0.717, 1.165) is 5.69 Å². The molecule has 0 aliphatic heterocycles. The molecule has 6 nitrogen and oxygen atoms in total. The number of hydrogen-bond donors (Lipinski definition) is 1. The van der Waals surface area contributed by atoms with E-state index in [9.17, 15) is 4.79 Å². The number of nitrogens with one attached hydrogen (secondary N) is 1. The molecule has 0 atom stereocenters. The maximum atomic E-state index is 12.0. The van der Waals surface area contributed by atoms with Crippen molar-refractivity contribution >= 4 is 11.6 Å². The molecule has 0 radical (unpaired) electrons. The fraction of sp³-hybridized carbons (Fsp3) is 0.111. The fourth-order valence-corrected chi connectivity index (χ4v) is 2.17. The van der Waals surface area contributed by atoms with Crippen LogP contribution in [0.2, 0.25) is 0 Å². The van der Waals surface area contributed by atoms with E-state index in [2.05, 4.69) is 10.3 Å². The van der Waals surface area contributed by atoms with Crippen molar-refractivity contribution in [3.8, 4) is 17.2 Å². The molecule has 2 aromatic carbocycles. The Labute approximate surface area is 139 Å². The molecule has 0 spiro atoms. The number of nitrogens with zero attached hydrogens (tertiary/aromatic N) is 2. The highest BCUT2D eigenvalue weighted by atomic mass is 16.5. The predicted molar refractivity (Wildman–Crippen MR) is 90.7 cm³/mol. The molecule has 0 saturated carbocycles. The standard InChI is InChI=1S/C18H17N3O3/c1-23-16-3-2-4-17(11-16)24-12-18(22)20-14-5-7-15(8-6-14)21-10-9-19-13-21/h2-11,13H,12H2,1H3,(H,20,22). The summed E-state index contributed by atoms with van der Waals surface area (Å²) >= 11 is 0. The van der Waals surface area contributed by atoms with Crippen LogP contribution in [0.25, 0.3) is 5.69 Å². The monoisotopic (exact) mass is 323 g/mol. The van der Waals surface area contributed by atoms with Gasteiger partial charge >= 0.3 is 0 Å². The summed E-state index contributed by atoms with van der Waals surface area (Å²) in [6, 6.07) is 14.6. The highest BCUT2D eigenvalue weighted by Gasteiger charge is 2.05. The van der Waals surface area contributed by atoms with Gasteiger partial charge in [0, 0.05) is 29.8 Å². The van der Waals surface area contributed by atoms with Crippen molar-refractivity contribution in [1.82, 2.24) is 9.55 Å². The minimum absolute atomic E-state index is 0.0730. The van der Waals surface area contributed by atoms with E-state index >= 15 is 0 Å². The summed E-state index contributed by atoms with van der Waals surface area (Å²) in [5, 5.41) is 2.79. The molecule has 0 saturated heterocycles. The number of benzene rings is 2. The Morgan fingerprint density at radius 2 is 1.96 bits per heavy atom. The minimum Gasteiger partial charge on any atom is -0.497 e. The van der Waals surface area contributed by atoms with Gasteiger partial charge in [-0.15, -0.1) is 0 Å². The number of carbonyl (C=O) groups is 1. The van der Waals surface area contributed by atoms with Crippen LogP contribution in [0.15, 0.2) is 67.3 Å². The molecule has 1 amide bonds. The molecule has 122 valence electrons. The van der Waals surface area contributed by atoms with Crippen LogP contribution in [0, 0.1) is 0 Å². The first-order valence-corrected chi connectivity index (χ1v) is 7.40. The van der Waals surface area contributed by atoms with Crippen LogP contribution in [0.3, 0.4) is 0 Å². The second-order valence-electron chi connectivity index (χ2n) is 5.03. The van der Waals surface area contributed by atoms with Gasteiger partial charge in [-0.1, -0.05) is 6.07 Å². The summed E-state index contributed by atoms with van der Waals surface area (Å²) in [5.41, 5.74) is 1.68. The molecule has 0 aliphatic rings. The van der Waals surface area contributed by atoms with E-state index in [1.165, 1.54) is 0 Å². The van der Waals surface area contributed by atoms with Gasteiger partial charge in [0.25, 0.3) is 5.91 Å². The Balaban J connectivity index is 1.54. The van der Waals surface area contributed by atoms with E-state index in [0.29, 0.717) is 17.2 Å². The quantitative estimate of drug-likeness (QED) is 0.757. The van der Waals surface area contributed by atoms with Crippen LogP contribution in [-0.4, -0.2) is 29.2 Å². The predicted octanol–water partition coefficient (Wildman–Crippen LogP) is 2.90. The molecular weight excluding hydrogens is 306 g/mol. The summed E-state index contributed by atoms with van der Waals surface area (Å²) < 4.78 is 12.5. The van der Waals surface area contributed by atoms with Crippen LogP contribution in [0.4, 0.5) is 5.69 Å². The maximum absolute atomic E-state index is 12.0. The van der Waals surface area contributed by atoms with E-state index < -0.39 is 0 Å². The SMILES string of the molecule is COc1cccc(OCC(=O)Nc2ccc(-n3ccnc3)cc2)c1. The van der Waals surface area contributed by atoms with Gasteiger partial charge in [0.05, 0.1) is 13.4 Å².